The molecule has 1 saturated carbocycles. The summed E-state index contributed by atoms with van der Waals surface area (Å²) < 4.78 is 7.41. The van der Waals surface area contributed by atoms with Crippen molar-refractivity contribution in [3.8, 4) is 5.69 Å². The molecule has 0 bridgehead atoms. The quantitative estimate of drug-likeness (QED) is 0.908. The van der Waals surface area contributed by atoms with Crippen molar-refractivity contribution < 1.29 is 4.74 Å². The van der Waals surface area contributed by atoms with Gasteiger partial charge in [0.2, 0.25) is 0 Å². The second-order valence-electron chi connectivity index (χ2n) is 5.28. The molecule has 0 spiro atoms. The van der Waals surface area contributed by atoms with Gasteiger partial charge in [-0.3, -0.25) is 0 Å². The first-order chi connectivity index (χ1) is 9.86. The van der Waals surface area contributed by atoms with Crippen molar-refractivity contribution in [1.29, 1.82) is 0 Å². The number of nitrogens with one attached hydrogen (secondary N) is 1. The van der Waals surface area contributed by atoms with E-state index in [-0.39, 0.29) is 0 Å². The first-order valence-corrected chi connectivity index (χ1v) is 7.23. The predicted molar refractivity (Wildman–Crippen MR) is 78.8 cm³/mol. The molecule has 1 aliphatic rings. The Kier molecular flexibility index (Phi) is 4.14. The number of rotatable bonds is 5. The highest BCUT2D eigenvalue weighted by atomic mass is 16.5. The van der Waals surface area contributed by atoms with Gasteiger partial charge in [-0.1, -0.05) is 18.2 Å². The number of hydrogen-bond acceptors (Lipinski definition) is 3. The van der Waals surface area contributed by atoms with Crippen molar-refractivity contribution in [2.24, 2.45) is 0 Å². The zero-order valence-electron chi connectivity index (χ0n) is 11.8. The molecule has 1 aromatic heterocycles. The van der Waals surface area contributed by atoms with Gasteiger partial charge < -0.3 is 10.1 Å². The highest BCUT2D eigenvalue weighted by molar-refractivity contribution is 5.30. The molecule has 1 heterocycles. The average molecular weight is 271 g/mol. The van der Waals surface area contributed by atoms with Gasteiger partial charge in [0.25, 0.3) is 0 Å². The number of para-hydroxylation sites is 1. The van der Waals surface area contributed by atoms with Crippen molar-refractivity contribution in [3.05, 3.63) is 48.3 Å². The zero-order valence-corrected chi connectivity index (χ0v) is 11.8. The third kappa shape index (κ3) is 2.92. The fourth-order valence-electron chi connectivity index (χ4n) is 2.86. The Morgan fingerprint density at radius 1 is 1.25 bits per heavy atom. The lowest BCUT2D eigenvalue weighted by molar-refractivity contribution is 0.0846. The monoisotopic (exact) mass is 271 g/mol. The molecule has 0 amide bonds. The minimum absolute atomic E-state index is 0.353. The van der Waals surface area contributed by atoms with Gasteiger partial charge in [-0.15, -0.1) is 0 Å². The van der Waals surface area contributed by atoms with Gasteiger partial charge in [0.1, 0.15) is 0 Å². The molecule has 106 valence electrons. The standard InChI is InChI=1S/C16H21N3O/c1-20-16-9-5-8-15(16)17-12-13-10-11-19(18-13)14-6-3-2-4-7-14/h2-4,6-7,10-11,15-17H,5,8-9,12H2,1H3. The van der Waals surface area contributed by atoms with Gasteiger partial charge in [0, 0.05) is 25.9 Å². The molecule has 3 rings (SSSR count). The Morgan fingerprint density at radius 3 is 2.90 bits per heavy atom. The smallest absolute Gasteiger partial charge is 0.0766 e. The second-order valence-corrected chi connectivity index (χ2v) is 5.28. The van der Waals surface area contributed by atoms with Crippen LogP contribution in [0.4, 0.5) is 0 Å². The molecule has 4 heteroatoms. The van der Waals surface area contributed by atoms with Crippen LogP contribution in [0.1, 0.15) is 25.0 Å². The Hall–Kier alpha value is -1.65. The molecule has 20 heavy (non-hydrogen) atoms. The number of methoxy groups -OCH3 is 1. The third-order valence-electron chi connectivity index (χ3n) is 3.97. The molecule has 2 atom stereocenters. The first-order valence-electron chi connectivity index (χ1n) is 7.23. The van der Waals surface area contributed by atoms with Crippen molar-refractivity contribution in [2.45, 2.75) is 38.0 Å². The summed E-state index contributed by atoms with van der Waals surface area (Å²) in [5.41, 5.74) is 2.16. The van der Waals surface area contributed by atoms with Crippen LogP contribution >= 0.6 is 0 Å². The number of benzene rings is 1. The normalized spacial score (nSPS) is 22.2. The molecule has 1 aromatic carbocycles. The SMILES string of the molecule is COC1CCCC1NCc1ccn(-c2ccccc2)n1. The van der Waals surface area contributed by atoms with Crippen LogP contribution < -0.4 is 5.32 Å². The van der Waals surface area contributed by atoms with Crippen molar-refractivity contribution >= 4 is 0 Å². The van der Waals surface area contributed by atoms with Crippen molar-refractivity contribution in [2.75, 3.05) is 7.11 Å². The zero-order chi connectivity index (χ0) is 13.8. The van der Waals surface area contributed by atoms with Crippen molar-refractivity contribution in [1.82, 2.24) is 15.1 Å². The van der Waals surface area contributed by atoms with Crippen LogP contribution in [0.2, 0.25) is 0 Å². The number of nitrogens with zero attached hydrogens (tertiary/aromatic N) is 2. The summed E-state index contributed by atoms with van der Waals surface area (Å²) in [5, 5.41) is 8.17. The van der Waals surface area contributed by atoms with E-state index in [1.807, 2.05) is 29.1 Å². The highest BCUT2D eigenvalue weighted by Gasteiger charge is 2.26. The fourth-order valence-corrected chi connectivity index (χ4v) is 2.86. The topological polar surface area (TPSA) is 39.1 Å². The molecule has 1 N–H and O–H groups in total. The molecule has 4 nitrogen and oxygen atoms in total. The van der Waals surface area contributed by atoms with E-state index in [0.29, 0.717) is 12.1 Å². The number of hydrogen-bond donors (Lipinski definition) is 1. The molecule has 0 aliphatic heterocycles. The van der Waals surface area contributed by atoms with E-state index in [2.05, 4.69) is 28.6 Å². The van der Waals surface area contributed by atoms with E-state index < -0.39 is 0 Å². The second kappa shape index (κ2) is 6.20. The lowest BCUT2D eigenvalue weighted by Crippen LogP contribution is -2.36. The number of aromatic nitrogens is 2. The molecular formula is C16H21N3O. The Bertz CT molecular complexity index is 538. The molecule has 2 aromatic rings. The van der Waals surface area contributed by atoms with Gasteiger partial charge in [0.05, 0.1) is 17.5 Å². The van der Waals surface area contributed by atoms with E-state index in [4.69, 9.17) is 4.74 Å². The minimum atomic E-state index is 0.353. The van der Waals surface area contributed by atoms with Crippen LogP contribution in [0.15, 0.2) is 42.6 Å². The van der Waals surface area contributed by atoms with Gasteiger partial charge in [0.15, 0.2) is 0 Å². The van der Waals surface area contributed by atoms with Crippen LogP contribution in [0.25, 0.3) is 5.69 Å². The highest BCUT2D eigenvalue weighted by Crippen LogP contribution is 2.21. The van der Waals surface area contributed by atoms with Crippen LogP contribution in [-0.4, -0.2) is 29.0 Å². The Morgan fingerprint density at radius 2 is 2.10 bits per heavy atom. The fraction of sp³-hybridized carbons (Fsp3) is 0.438. The summed E-state index contributed by atoms with van der Waals surface area (Å²) in [6.07, 6.45) is 5.96. The third-order valence-corrected chi connectivity index (χ3v) is 3.97. The average Bonchev–Trinajstić information content (AvgIpc) is 3.15. The summed E-state index contributed by atoms with van der Waals surface area (Å²) >= 11 is 0. The van der Waals surface area contributed by atoms with Crippen LogP contribution in [-0.2, 0) is 11.3 Å². The molecule has 2 unspecified atom stereocenters. The Labute approximate surface area is 119 Å². The minimum Gasteiger partial charge on any atom is -0.380 e. The van der Waals surface area contributed by atoms with E-state index >= 15 is 0 Å². The van der Waals surface area contributed by atoms with E-state index in [9.17, 15) is 0 Å². The molecular weight excluding hydrogens is 250 g/mol. The lowest BCUT2D eigenvalue weighted by Gasteiger charge is -2.18. The van der Waals surface area contributed by atoms with Crippen molar-refractivity contribution in [3.63, 3.8) is 0 Å². The molecule has 0 radical (unpaired) electrons. The predicted octanol–water partition coefficient (Wildman–Crippen LogP) is 2.53. The maximum absolute atomic E-state index is 5.50. The lowest BCUT2D eigenvalue weighted by atomic mass is 10.2. The van der Waals surface area contributed by atoms with E-state index in [1.165, 1.54) is 12.8 Å². The van der Waals surface area contributed by atoms with Gasteiger partial charge in [-0.05, 0) is 37.5 Å². The maximum Gasteiger partial charge on any atom is 0.0766 e. The summed E-state index contributed by atoms with van der Waals surface area (Å²) in [4.78, 5) is 0. The largest absolute Gasteiger partial charge is 0.380 e. The molecule has 1 fully saturated rings. The molecule has 0 saturated heterocycles. The van der Waals surface area contributed by atoms with Gasteiger partial charge in [-0.25, -0.2) is 4.68 Å². The van der Waals surface area contributed by atoms with Gasteiger partial charge >= 0.3 is 0 Å². The molecule has 1 aliphatic carbocycles. The maximum atomic E-state index is 5.50. The van der Waals surface area contributed by atoms with E-state index in [0.717, 1.165) is 24.3 Å². The Balaban J connectivity index is 1.60. The summed E-state index contributed by atoms with van der Waals surface area (Å²) in [6, 6.07) is 12.7. The summed E-state index contributed by atoms with van der Waals surface area (Å²) in [7, 11) is 1.80. The summed E-state index contributed by atoms with van der Waals surface area (Å²) in [6.45, 7) is 0.796. The van der Waals surface area contributed by atoms with E-state index in [1.54, 1.807) is 7.11 Å². The van der Waals surface area contributed by atoms with Crippen LogP contribution in [0.5, 0.6) is 0 Å². The van der Waals surface area contributed by atoms with Crippen LogP contribution in [0.3, 0.4) is 0 Å². The summed E-state index contributed by atoms with van der Waals surface area (Å²) in [5.74, 6) is 0. The van der Waals surface area contributed by atoms with Gasteiger partial charge in [-0.2, -0.15) is 5.10 Å². The first kappa shape index (κ1) is 13.3. The van der Waals surface area contributed by atoms with Crippen LogP contribution in [0, 0.1) is 0 Å². The number of ether oxygens (including phenoxy) is 1.